The average molecular weight is 375 g/mol. The van der Waals surface area contributed by atoms with E-state index in [1.807, 2.05) is 0 Å². The van der Waals surface area contributed by atoms with Gasteiger partial charge < -0.3 is 9.47 Å². The third-order valence-electron chi connectivity index (χ3n) is 5.32. The van der Waals surface area contributed by atoms with Crippen molar-refractivity contribution in [2.45, 2.75) is 77.6 Å². The Morgan fingerprint density at radius 3 is 1.96 bits per heavy atom. The van der Waals surface area contributed by atoms with Crippen LogP contribution >= 0.6 is 0 Å². The highest BCUT2D eigenvalue weighted by Gasteiger charge is 2.15. The normalized spacial score (nSPS) is 14.7. The van der Waals surface area contributed by atoms with Crippen molar-refractivity contribution >= 4 is 11.9 Å². The van der Waals surface area contributed by atoms with E-state index >= 15 is 0 Å². The van der Waals surface area contributed by atoms with Crippen LogP contribution in [0.15, 0.2) is 24.3 Å². The Hall–Kier alpha value is -1.84. The monoisotopic (exact) mass is 374 g/mol. The highest BCUT2D eigenvalue weighted by atomic mass is 16.5. The van der Waals surface area contributed by atoms with E-state index in [0.29, 0.717) is 30.3 Å². The molecule has 4 heteroatoms. The van der Waals surface area contributed by atoms with Crippen LogP contribution in [0.3, 0.4) is 0 Å². The van der Waals surface area contributed by atoms with Gasteiger partial charge in [0.1, 0.15) is 0 Å². The molecule has 27 heavy (non-hydrogen) atoms. The molecule has 0 heterocycles. The minimum Gasteiger partial charge on any atom is -0.462 e. The van der Waals surface area contributed by atoms with E-state index in [-0.39, 0.29) is 11.9 Å². The Labute approximate surface area is 163 Å². The number of ether oxygens (including phenoxy) is 2. The van der Waals surface area contributed by atoms with Gasteiger partial charge in [-0.2, -0.15) is 0 Å². The number of unbranched alkanes of at least 4 members (excludes halogenated alkanes) is 4. The van der Waals surface area contributed by atoms with E-state index < -0.39 is 0 Å². The summed E-state index contributed by atoms with van der Waals surface area (Å²) in [5, 5.41) is 0. The Kier molecular flexibility index (Phi) is 9.96. The summed E-state index contributed by atoms with van der Waals surface area (Å²) in [6.07, 6.45) is 13.0. The highest BCUT2D eigenvalue weighted by molar-refractivity contribution is 5.93. The zero-order chi connectivity index (χ0) is 19.3. The fourth-order valence-corrected chi connectivity index (χ4v) is 3.57. The van der Waals surface area contributed by atoms with Gasteiger partial charge in [-0.1, -0.05) is 64.7 Å². The third kappa shape index (κ3) is 8.15. The number of carbonyl (C=O) groups is 2. The van der Waals surface area contributed by atoms with Crippen LogP contribution in [-0.2, 0) is 9.47 Å². The summed E-state index contributed by atoms with van der Waals surface area (Å²) < 4.78 is 10.7. The summed E-state index contributed by atoms with van der Waals surface area (Å²) in [6, 6.07) is 6.55. The van der Waals surface area contributed by atoms with Crippen LogP contribution in [0.25, 0.3) is 0 Å². The first-order chi connectivity index (χ1) is 13.2. The molecular weight excluding hydrogens is 340 g/mol. The van der Waals surface area contributed by atoms with Crippen LogP contribution in [-0.4, -0.2) is 25.2 Å². The highest BCUT2D eigenvalue weighted by Crippen LogP contribution is 2.26. The summed E-state index contributed by atoms with van der Waals surface area (Å²) >= 11 is 0. The molecule has 0 aliphatic heterocycles. The Morgan fingerprint density at radius 1 is 0.815 bits per heavy atom. The van der Waals surface area contributed by atoms with Crippen LogP contribution in [0, 0.1) is 5.92 Å². The van der Waals surface area contributed by atoms with Crippen molar-refractivity contribution < 1.29 is 19.1 Å². The van der Waals surface area contributed by atoms with Gasteiger partial charge in [0.25, 0.3) is 0 Å². The van der Waals surface area contributed by atoms with E-state index in [1.165, 1.54) is 51.4 Å². The predicted octanol–water partition coefficient (Wildman–Crippen LogP) is 5.94. The van der Waals surface area contributed by atoms with Crippen molar-refractivity contribution in [3.8, 4) is 0 Å². The molecule has 0 amide bonds. The molecular formula is C23H34O4. The lowest BCUT2D eigenvalue weighted by Crippen LogP contribution is -2.13. The summed E-state index contributed by atoms with van der Waals surface area (Å²) in [5.74, 6) is 0.0510. The maximum atomic E-state index is 12.1. The average Bonchev–Trinajstić information content (AvgIpc) is 2.71. The van der Waals surface area contributed by atoms with Gasteiger partial charge in [0.15, 0.2) is 0 Å². The van der Waals surface area contributed by atoms with E-state index in [2.05, 4.69) is 6.92 Å². The van der Waals surface area contributed by atoms with E-state index in [9.17, 15) is 9.59 Å². The van der Waals surface area contributed by atoms with Crippen LogP contribution in [0.5, 0.6) is 0 Å². The van der Waals surface area contributed by atoms with Crippen molar-refractivity contribution in [2.24, 2.45) is 5.92 Å². The molecule has 1 aromatic carbocycles. The van der Waals surface area contributed by atoms with Crippen LogP contribution in [0.2, 0.25) is 0 Å². The molecule has 0 atom stereocenters. The number of hydrogen-bond donors (Lipinski definition) is 0. The maximum Gasteiger partial charge on any atom is 0.338 e. The number of benzene rings is 1. The molecule has 0 aromatic heterocycles. The summed E-state index contributed by atoms with van der Waals surface area (Å²) in [5.41, 5.74) is 0.956. The van der Waals surface area contributed by atoms with Crippen LogP contribution in [0.1, 0.15) is 98.3 Å². The minimum atomic E-state index is -0.331. The van der Waals surface area contributed by atoms with Crippen molar-refractivity contribution in [2.75, 3.05) is 13.2 Å². The fraction of sp³-hybridized carbons (Fsp3) is 0.652. The lowest BCUT2D eigenvalue weighted by Gasteiger charge is -2.21. The van der Waals surface area contributed by atoms with Crippen LogP contribution in [0.4, 0.5) is 0 Å². The van der Waals surface area contributed by atoms with Gasteiger partial charge in [-0.25, -0.2) is 9.59 Å². The van der Waals surface area contributed by atoms with Gasteiger partial charge >= 0.3 is 11.9 Å². The lowest BCUT2D eigenvalue weighted by atomic mass is 9.87. The van der Waals surface area contributed by atoms with Crippen molar-refractivity contribution in [1.29, 1.82) is 0 Å². The Morgan fingerprint density at radius 2 is 1.37 bits per heavy atom. The third-order valence-corrected chi connectivity index (χ3v) is 5.32. The molecule has 1 saturated carbocycles. The molecule has 0 bridgehead atoms. The Balaban J connectivity index is 1.66. The van der Waals surface area contributed by atoms with Crippen molar-refractivity contribution in [3.63, 3.8) is 0 Å². The van der Waals surface area contributed by atoms with Crippen molar-refractivity contribution in [1.82, 2.24) is 0 Å². The van der Waals surface area contributed by atoms with Crippen LogP contribution < -0.4 is 0 Å². The minimum absolute atomic E-state index is 0.318. The lowest BCUT2D eigenvalue weighted by molar-refractivity contribution is 0.0467. The number of rotatable bonds is 11. The molecule has 150 valence electrons. The molecule has 0 N–H and O–H groups in total. The van der Waals surface area contributed by atoms with Gasteiger partial charge in [0, 0.05) is 0 Å². The first-order valence-corrected chi connectivity index (χ1v) is 10.6. The van der Waals surface area contributed by atoms with Crippen molar-refractivity contribution in [3.05, 3.63) is 35.4 Å². The van der Waals surface area contributed by atoms with E-state index in [4.69, 9.17) is 9.47 Å². The molecule has 1 aromatic rings. The molecule has 4 nitrogen and oxygen atoms in total. The topological polar surface area (TPSA) is 52.6 Å². The second kappa shape index (κ2) is 12.5. The molecule has 1 fully saturated rings. The number of esters is 2. The smallest absolute Gasteiger partial charge is 0.338 e. The van der Waals surface area contributed by atoms with Gasteiger partial charge in [0.2, 0.25) is 0 Å². The largest absolute Gasteiger partial charge is 0.462 e. The van der Waals surface area contributed by atoms with Gasteiger partial charge in [-0.15, -0.1) is 0 Å². The molecule has 0 spiro atoms. The predicted molar refractivity (Wildman–Crippen MR) is 107 cm³/mol. The molecule has 2 rings (SSSR count). The van der Waals surface area contributed by atoms with Gasteiger partial charge in [-0.3, -0.25) is 0 Å². The molecule has 0 radical (unpaired) electrons. The standard InChI is InChI=1S/C23H34O4/c1-2-3-4-5-9-17-26-22(24)20-12-14-21(15-13-20)23(25)27-18-16-19-10-7-6-8-11-19/h12-15,19H,2-11,16-18H2,1H3. The zero-order valence-electron chi connectivity index (χ0n) is 16.7. The first kappa shape index (κ1) is 21.5. The summed E-state index contributed by atoms with van der Waals surface area (Å²) in [7, 11) is 0. The molecule has 1 aliphatic carbocycles. The maximum absolute atomic E-state index is 12.1. The van der Waals surface area contributed by atoms with E-state index in [1.54, 1.807) is 24.3 Å². The molecule has 0 unspecified atom stereocenters. The first-order valence-electron chi connectivity index (χ1n) is 10.6. The molecule has 0 saturated heterocycles. The summed E-state index contributed by atoms with van der Waals surface area (Å²) in [4.78, 5) is 24.1. The van der Waals surface area contributed by atoms with E-state index in [0.717, 1.165) is 19.3 Å². The van der Waals surface area contributed by atoms with Gasteiger partial charge in [0.05, 0.1) is 24.3 Å². The van der Waals surface area contributed by atoms with Gasteiger partial charge in [-0.05, 0) is 43.0 Å². The molecule has 1 aliphatic rings. The second-order valence-electron chi connectivity index (χ2n) is 7.56. The number of hydrogen-bond acceptors (Lipinski definition) is 4. The summed E-state index contributed by atoms with van der Waals surface area (Å²) in [6.45, 7) is 3.11. The Bertz CT molecular complexity index is 558. The quantitative estimate of drug-likeness (QED) is 0.355. The zero-order valence-corrected chi connectivity index (χ0v) is 16.7. The number of carbonyl (C=O) groups excluding carboxylic acids is 2. The SMILES string of the molecule is CCCCCCCOC(=O)c1ccc(C(=O)OCCC2CCCCC2)cc1. The second-order valence-corrected chi connectivity index (χ2v) is 7.56. The fourth-order valence-electron chi connectivity index (χ4n) is 3.57.